The quantitative estimate of drug-likeness (QED) is 0.831. The minimum absolute atomic E-state index is 0.0824. The Bertz CT molecular complexity index is 390. The van der Waals surface area contributed by atoms with Crippen LogP contribution in [0.15, 0.2) is 18.3 Å². The molecule has 4 nitrogen and oxygen atoms in total. The van der Waals surface area contributed by atoms with Crippen molar-refractivity contribution in [3.05, 3.63) is 23.9 Å². The molecule has 1 rings (SSSR count). The Morgan fingerprint density at radius 3 is 2.67 bits per heavy atom. The number of amides is 1. The van der Waals surface area contributed by atoms with Crippen molar-refractivity contribution in [2.24, 2.45) is 0 Å². The maximum atomic E-state index is 11.5. The number of aromatic nitrogens is 1. The summed E-state index contributed by atoms with van der Waals surface area (Å²) in [5, 5.41) is 6.01. The van der Waals surface area contributed by atoms with Gasteiger partial charge < -0.3 is 10.6 Å². The lowest BCUT2D eigenvalue weighted by molar-refractivity contribution is 0.0955. The number of hydrogen-bond donors (Lipinski definition) is 2. The molecule has 0 bridgehead atoms. The molecule has 18 heavy (non-hydrogen) atoms. The number of nitrogens with one attached hydrogen (secondary N) is 2. The maximum Gasteiger partial charge on any atom is 0.252 e. The second-order valence-electron chi connectivity index (χ2n) is 4.61. The normalized spacial score (nSPS) is 11.1. The Morgan fingerprint density at radius 1 is 1.44 bits per heavy atom. The van der Waals surface area contributed by atoms with E-state index < -0.39 is 0 Å². The van der Waals surface area contributed by atoms with Gasteiger partial charge in [-0.2, -0.15) is 11.8 Å². The molecule has 0 spiro atoms. The summed E-state index contributed by atoms with van der Waals surface area (Å²) in [5.74, 6) is 0.714. The highest BCUT2D eigenvalue weighted by molar-refractivity contribution is 7.99. The van der Waals surface area contributed by atoms with E-state index in [0.29, 0.717) is 12.1 Å². The zero-order chi connectivity index (χ0) is 13.6. The minimum atomic E-state index is -0.0824. The van der Waals surface area contributed by atoms with E-state index in [4.69, 9.17) is 0 Å². The van der Waals surface area contributed by atoms with Crippen LogP contribution in [-0.2, 0) is 0 Å². The van der Waals surface area contributed by atoms with Crippen molar-refractivity contribution in [2.45, 2.75) is 25.5 Å². The summed E-state index contributed by atoms with van der Waals surface area (Å²) in [5.41, 5.74) is 0.589. The Balaban J connectivity index is 2.58. The van der Waals surface area contributed by atoms with Gasteiger partial charge in [-0.1, -0.05) is 0 Å². The third-order valence-corrected chi connectivity index (χ3v) is 3.86. The lowest BCUT2D eigenvalue weighted by Gasteiger charge is -2.22. The van der Waals surface area contributed by atoms with E-state index in [1.807, 2.05) is 13.0 Å². The standard InChI is InChI=1S/C13H21N3OS/c1-5-14-12(17)10-6-7-11(15-8-10)16-9-13(2,3)18-4/h6-8H,5,9H2,1-4H3,(H,14,17)(H,15,16). The van der Waals surface area contributed by atoms with Gasteiger partial charge in [-0.3, -0.25) is 4.79 Å². The van der Waals surface area contributed by atoms with Crippen LogP contribution < -0.4 is 10.6 Å². The smallest absolute Gasteiger partial charge is 0.252 e. The minimum Gasteiger partial charge on any atom is -0.369 e. The van der Waals surface area contributed by atoms with Gasteiger partial charge in [0.1, 0.15) is 5.82 Å². The SMILES string of the molecule is CCNC(=O)c1ccc(NCC(C)(C)SC)nc1. The van der Waals surface area contributed by atoms with E-state index >= 15 is 0 Å². The van der Waals surface area contributed by atoms with E-state index in [1.54, 1.807) is 24.0 Å². The molecule has 1 amide bonds. The number of rotatable bonds is 6. The van der Waals surface area contributed by atoms with E-state index in [-0.39, 0.29) is 10.7 Å². The molecule has 0 radical (unpaired) electrons. The van der Waals surface area contributed by atoms with Gasteiger partial charge in [0, 0.05) is 24.0 Å². The van der Waals surface area contributed by atoms with Crippen molar-refractivity contribution < 1.29 is 4.79 Å². The van der Waals surface area contributed by atoms with Crippen LogP contribution in [0.3, 0.4) is 0 Å². The molecule has 0 aliphatic rings. The van der Waals surface area contributed by atoms with Crippen LogP contribution in [0, 0.1) is 0 Å². The topological polar surface area (TPSA) is 54.0 Å². The summed E-state index contributed by atoms with van der Waals surface area (Å²) >= 11 is 1.81. The molecule has 0 unspecified atom stereocenters. The first-order valence-electron chi connectivity index (χ1n) is 6.02. The number of carbonyl (C=O) groups is 1. The van der Waals surface area contributed by atoms with Gasteiger partial charge >= 0.3 is 0 Å². The van der Waals surface area contributed by atoms with E-state index in [2.05, 4.69) is 35.7 Å². The molecule has 100 valence electrons. The van der Waals surface area contributed by atoms with Gasteiger partial charge in [0.2, 0.25) is 0 Å². The van der Waals surface area contributed by atoms with Crippen molar-refractivity contribution in [3.63, 3.8) is 0 Å². The Morgan fingerprint density at radius 2 is 2.17 bits per heavy atom. The zero-order valence-electron chi connectivity index (χ0n) is 11.4. The van der Waals surface area contributed by atoms with E-state index in [1.165, 1.54) is 0 Å². The van der Waals surface area contributed by atoms with Crippen LogP contribution in [0.1, 0.15) is 31.1 Å². The number of thioether (sulfide) groups is 1. The zero-order valence-corrected chi connectivity index (χ0v) is 12.2. The number of anilines is 1. The first-order chi connectivity index (χ1) is 8.48. The van der Waals surface area contributed by atoms with Crippen molar-refractivity contribution >= 4 is 23.5 Å². The summed E-state index contributed by atoms with van der Waals surface area (Å²) in [6, 6.07) is 3.62. The monoisotopic (exact) mass is 267 g/mol. The van der Waals surface area contributed by atoms with Crippen LogP contribution in [0.25, 0.3) is 0 Å². The second kappa shape index (κ2) is 6.64. The fourth-order valence-electron chi connectivity index (χ4n) is 1.27. The predicted molar refractivity (Wildman–Crippen MR) is 78.3 cm³/mol. The molecule has 0 aromatic carbocycles. The average Bonchev–Trinajstić information content (AvgIpc) is 2.37. The van der Waals surface area contributed by atoms with Gasteiger partial charge in [0.25, 0.3) is 5.91 Å². The van der Waals surface area contributed by atoms with Crippen LogP contribution in [0.5, 0.6) is 0 Å². The molecule has 0 saturated heterocycles. The summed E-state index contributed by atoms with van der Waals surface area (Å²) < 4.78 is 0.167. The molecule has 0 fully saturated rings. The number of hydrogen-bond acceptors (Lipinski definition) is 4. The lowest BCUT2D eigenvalue weighted by atomic mass is 10.2. The van der Waals surface area contributed by atoms with Crippen molar-refractivity contribution in [3.8, 4) is 0 Å². The van der Waals surface area contributed by atoms with Crippen LogP contribution >= 0.6 is 11.8 Å². The highest BCUT2D eigenvalue weighted by atomic mass is 32.2. The molecular formula is C13H21N3OS. The molecule has 0 atom stereocenters. The fraction of sp³-hybridized carbons (Fsp3) is 0.538. The number of pyridine rings is 1. The molecule has 0 aliphatic carbocycles. The largest absolute Gasteiger partial charge is 0.369 e. The third-order valence-electron chi connectivity index (χ3n) is 2.61. The molecule has 0 aliphatic heterocycles. The van der Waals surface area contributed by atoms with E-state index in [0.717, 1.165) is 12.4 Å². The van der Waals surface area contributed by atoms with Crippen molar-refractivity contribution in [1.29, 1.82) is 0 Å². The Labute approximate surface area is 113 Å². The molecule has 5 heteroatoms. The van der Waals surface area contributed by atoms with Crippen LogP contribution in [0.2, 0.25) is 0 Å². The maximum absolute atomic E-state index is 11.5. The number of carbonyl (C=O) groups excluding carboxylic acids is 1. The van der Waals surface area contributed by atoms with Crippen LogP contribution in [0.4, 0.5) is 5.82 Å². The molecule has 0 saturated carbocycles. The molecular weight excluding hydrogens is 246 g/mol. The first kappa shape index (κ1) is 14.8. The van der Waals surface area contributed by atoms with Gasteiger partial charge in [0.05, 0.1) is 5.56 Å². The molecule has 1 heterocycles. The summed E-state index contributed by atoms with van der Waals surface area (Å²) in [7, 11) is 0. The van der Waals surface area contributed by atoms with Crippen LogP contribution in [-0.4, -0.2) is 35.0 Å². The van der Waals surface area contributed by atoms with Crippen molar-refractivity contribution in [2.75, 3.05) is 24.7 Å². The average molecular weight is 267 g/mol. The second-order valence-corrected chi connectivity index (χ2v) is 6.12. The van der Waals surface area contributed by atoms with E-state index in [9.17, 15) is 4.79 Å². The Hall–Kier alpha value is -1.23. The third kappa shape index (κ3) is 4.56. The first-order valence-corrected chi connectivity index (χ1v) is 7.24. The predicted octanol–water partition coefficient (Wildman–Crippen LogP) is 2.38. The van der Waals surface area contributed by atoms with Gasteiger partial charge in [-0.15, -0.1) is 0 Å². The summed E-state index contributed by atoms with van der Waals surface area (Å²) in [4.78, 5) is 15.8. The Kier molecular flexibility index (Phi) is 5.47. The van der Waals surface area contributed by atoms with Crippen molar-refractivity contribution in [1.82, 2.24) is 10.3 Å². The summed E-state index contributed by atoms with van der Waals surface area (Å²) in [6.45, 7) is 7.70. The number of nitrogens with zero attached hydrogens (tertiary/aromatic N) is 1. The summed E-state index contributed by atoms with van der Waals surface area (Å²) in [6.07, 6.45) is 3.69. The van der Waals surface area contributed by atoms with Gasteiger partial charge in [0.15, 0.2) is 0 Å². The fourth-order valence-corrected chi connectivity index (χ4v) is 1.49. The molecule has 2 N–H and O–H groups in total. The van der Waals surface area contributed by atoms with Gasteiger partial charge in [-0.05, 0) is 39.2 Å². The molecule has 1 aromatic heterocycles. The lowest BCUT2D eigenvalue weighted by Crippen LogP contribution is -2.26. The molecule has 1 aromatic rings. The highest BCUT2D eigenvalue weighted by Crippen LogP contribution is 2.21. The van der Waals surface area contributed by atoms with Gasteiger partial charge in [-0.25, -0.2) is 4.98 Å². The highest BCUT2D eigenvalue weighted by Gasteiger charge is 2.15.